The van der Waals surface area contributed by atoms with Crippen molar-refractivity contribution in [2.75, 3.05) is 7.11 Å². The van der Waals surface area contributed by atoms with Crippen LogP contribution in [-0.2, 0) is 0 Å². The van der Waals surface area contributed by atoms with Crippen molar-refractivity contribution in [3.8, 4) is 17.1 Å². The highest BCUT2D eigenvalue weighted by molar-refractivity contribution is 5.79. The molecule has 0 spiro atoms. The number of carbonyl (C=O) groups is 1. The molecule has 0 unspecified atom stereocenters. The lowest BCUT2D eigenvalue weighted by Crippen LogP contribution is -1.95. The van der Waals surface area contributed by atoms with E-state index in [1.165, 1.54) is 12.7 Å². The van der Waals surface area contributed by atoms with Crippen LogP contribution in [-0.4, -0.2) is 18.4 Å². The fourth-order valence-corrected chi connectivity index (χ4v) is 1.59. The molecule has 0 radical (unpaired) electrons. The first-order chi connectivity index (χ1) is 8.24. The van der Waals surface area contributed by atoms with Crippen LogP contribution >= 0.6 is 0 Å². The van der Waals surface area contributed by atoms with E-state index in [9.17, 15) is 4.79 Å². The summed E-state index contributed by atoms with van der Waals surface area (Å²) in [5.74, 6) is 0.359. The number of hydrogen-bond donors (Lipinski definition) is 0. The van der Waals surface area contributed by atoms with Crippen LogP contribution in [0.1, 0.15) is 15.9 Å². The van der Waals surface area contributed by atoms with E-state index in [1.807, 2.05) is 37.3 Å². The minimum absolute atomic E-state index is 0.359. The lowest BCUT2D eigenvalue weighted by Gasteiger charge is -2.06. The summed E-state index contributed by atoms with van der Waals surface area (Å²) in [5.41, 5.74) is 3.47. The molecule has 0 aliphatic carbocycles. The van der Waals surface area contributed by atoms with E-state index < -0.39 is 0 Å². The molecule has 0 fully saturated rings. The van der Waals surface area contributed by atoms with Crippen LogP contribution < -0.4 is 4.74 Å². The van der Waals surface area contributed by atoms with Gasteiger partial charge in [0.15, 0.2) is 6.29 Å². The highest BCUT2D eigenvalue weighted by Crippen LogP contribution is 2.22. The van der Waals surface area contributed by atoms with Crippen LogP contribution in [0.15, 0.2) is 36.4 Å². The smallest absolute Gasteiger partial charge is 0.224 e. The molecule has 2 rings (SSSR count). The summed E-state index contributed by atoms with van der Waals surface area (Å²) < 4.78 is 5.08. The number of ether oxygens (including phenoxy) is 1. The summed E-state index contributed by atoms with van der Waals surface area (Å²) in [6, 6.07) is 11.6. The average molecular weight is 227 g/mol. The quantitative estimate of drug-likeness (QED) is 0.757. The van der Waals surface area contributed by atoms with Crippen molar-refractivity contribution in [2.45, 2.75) is 6.92 Å². The number of nitrogens with zero attached hydrogens (tertiary/aromatic N) is 1. The molecular weight excluding hydrogens is 214 g/mol. The zero-order valence-electron chi connectivity index (χ0n) is 9.81. The van der Waals surface area contributed by atoms with Crippen molar-refractivity contribution in [1.82, 2.24) is 4.98 Å². The van der Waals surface area contributed by atoms with E-state index in [1.54, 1.807) is 6.07 Å². The van der Waals surface area contributed by atoms with Gasteiger partial charge in [-0.15, -0.1) is 0 Å². The minimum Gasteiger partial charge on any atom is -0.480 e. The first kappa shape index (κ1) is 11.3. The molecule has 17 heavy (non-hydrogen) atoms. The third kappa shape index (κ3) is 2.33. The van der Waals surface area contributed by atoms with Gasteiger partial charge in [-0.05, 0) is 19.1 Å². The zero-order chi connectivity index (χ0) is 12.3. The summed E-state index contributed by atoms with van der Waals surface area (Å²) in [6.07, 6.45) is 0.741. The van der Waals surface area contributed by atoms with Crippen molar-refractivity contribution in [3.05, 3.63) is 47.5 Å². The Hall–Kier alpha value is -2.16. The van der Waals surface area contributed by atoms with Gasteiger partial charge in [-0.25, -0.2) is 4.98 Å². The molecule has 3 heteroatoms. The third-order valence-corrected chi connectivity index (χ3v) is 2.56. The Bertz CT molecular complexity index is 532. The van der Waals surface area contributed by atoms with E-state index in [4.69, 9.17) is 4.74 Å². The van der Waals surface area contributed by atoms with E-state index in [2.05, 4.69) is 4.98 Å². The van der Waals surface area contributed by atoms with Crippen LogP contribution in [0.2, 0.25) is 0 Å². The third-order valence-electron chi connectivity index (χ3n) is 2.56. The van der Waals surface area contributed by atoms with Gasteiger partial charge in [-0.2, -0.15) is 0 Å². The molecule has 1 aromatic heterocycles. The second-order valence-corrected chi connectivity index (χ2v) is 3.78. The molecule has 0 aliphatic rings. The predicted molar refractivity (Wildman–Crippen MR) is 66.3 cm³/mol. The van der Waals surface area contributed by atoms with Crippen molar-refractivity contribution in [3.63, 3.8) is 0 Å². The van der Waals surface area contributed by atoms with Crippen molar-refractivity contribution < 1.29 is 9.53 Å². The number of aldehydes is 1. The second kappa shape index (κ2) is 4.78. The lowest BCUT2D eigenvalue weighted by atomic mass is 10.1. The van der Waals surface area contributed by atoms with E-state index in [-0.39, 0.29) is 0 Å². The van der Waals surface area contributed by atoms with Gasteiger partial charge in [0.2, 0.25) is 5.88 Å². The van der Waals surface area contributed by atoms with Crippen molar-refractivity contribution >= 4 is 6.29 Å². The average Bonchev–Trinajstić information content (AvgIpc) is 2.39. The zero-order valence-corrected chi connectivity index (χ0v) is 9.81. The van der Waals surface area contributed by atoms with E-state index in [0.29, 0.717) is 11.4 Å². The number of pyridine rings is 1. The van der Waals surface area contributed by atoms with Crippen LogP contribution in [0, 0.1) is 6.92 Å². The Balaban J connectivity index is 2.46. The number of methoxy groups -OCH3 is 1. The molecule has 0 bridgehead atoms. The van der Waals surface area contributed by atoms with E-state index in [0.717, 1.165) is 17.5 Å². The first-order valence-corrected chi connectivity index (χ1v) is 5.32. The number of hydrogen-bond acceptors (Lipinski definition) is 3. The summed E-state index contributed by atoms with van der Waals surface area (Å²) in [7, 11) is 1.51. The largest absolute Gasteiger partial charge is 0.480 e. The predicted octanol–water partition coefficient (Wildman–Crippen LogP) is 2.88. The molecule has 3 nitrogen and oxygen atoms in total. The summed E-state index contributed by atoms with van der Waals surface area (Å²) in [6.45, 7) is 2.04. The Morgan fingerprint density at radius 3 is 2.41 bits per heavy atom. The molecule has 0 saturated heterocycles. The summed E-state index contributed by atoms with van der Waals surface area (Å²) in [5, 5.41) is 0. The Morgan fingerprint density at radius 1 is 1.12 bits per heavy atom. The maximum atomic E-state index is 10.8. The maximum absolute atomic E-state index is 10.8. The molecule has 86 valence electrons. The summed E-state index contributed by atoms with van der Waals surface area (Å²) in [4.78, 5) is 15.1. The molecule has 1 aromatic carbocycles. The standard InChI is InChI=1S/C14H13NO2/c1-10-3-5-11(6-4-10)13-8-7-12(9-16)14(15-13)17-2/h3-9H,1-2H3. The Labute approximate surface area is 100 Å². The van der Waals surface area contributed by atoms with Crippen molar-refractivity contribution in [2.24, 2.45) is 0 Å². The van der Waals surface area contributed by atoms with E-state index >= 15 is 0 Å². The van der Waals surface area contributed by atoms with Gasteiger partial charge in [0.25, 0.3) is 0 Å². The topological polar surface area (TPSA) is 39.2 Å². The van der Waals surface area contributed by atoms with Gasteiger partial charge in [0.1, 0.15) is 0 Å². The molecule has 1 heterocycles. The Kier molecular flexibility index (Phi) is 3.19. The van der Waals surface area contributed by atoms with Gasteiger partial charge in [-0.3, -0.25) is 4.79 Å². The number of aryl methyl sites for hydroxylation is 1. The fraction of sp³-hybridized carbons (Fsp3) is 0.143. The van der Waals surface area contributed by atoms with Crippen LogP contribution in [0.4, 0.5) is 0 Å². The van der Waals surface area contributed by atoms with Crippen LogP contribution in [0.5, 0.6) is 5.88 Å². The molecule has 0 atom stereocenters. The second-order valence-electron chi connectivity index (χ2n) is 3.78. The molecule has 0 saturated carbocycles. The molecule has 0 amide bonds. The van der Waals surface area contributed by atoms with Crippen molar-refractivity contribution in [1.29, 1.82) is 0 Å². The first-order valence-electron chi connectivity index (χ1n) is 5.32. The fourth-order valence-electron chi connectivity index (χ4n) is 1.59. The summed E-state index contributed by atoms with van der Waals surface area (Å²) >= 11 is 0. The monoisotopic (exact) mass is 227 g/mol. The number of carbonyl (C=O) groups excluding carboxylic acids is 1. The van der Waals surface area contributed by atoms with Gasteiger partial charge in [0, 0.05) is 5.56 Å². The minimum atomic E-state index is 0.359. The van der Waals surface area contributed by atoms with Crippen LogP contribution in [0.3, 0.4) is 0 Å². The molecule has 2 aromatic rings. The molecular formula is C14H13NO2. The van der Waals surface area contributed by atoms with Crippen LogP contribution in [0.25, 0.3) is 11.3 Å². The number of rotatable bonds is 3. The van der Waals surface area contributed by atoms with Gasteiger partial charge < -0.3 is 4.74 Å². The normalized spacial score (nSPS) is 10.0. The maximum Gasteiger partial charge on any atom is 0.224 e. The molecule has 0 aliphatic heterocycles. The highest BCUT2D eigenvalue weighted by atomic mass is 16.5. The Morgan fingerprint density at radius 2 is 1.82 bits per heavy atom. The lowest BCUT2D eigenvalue weighted by molar-refractivity contribution is 0.112. The SMILES string of the molecule is COc1nc(-c2ccc(C)cc2)ccc1C=O. The van der Waals surface area contributed by atoms with Gasteiger partial charge in [0.05, 0.1) is 18.4 Å². The van der Waals surface area contributed by atoms with Gasteiger partial charge in [-0.1, -0.05) is 29.8 Å². The number of benzene rings is 1. The number of aromatic nitrogens is 1. The van der Waals surface area contributed by atoms with Gasteiger partial charge >= 0.3 is 0 Å². The molecule has 0 N–H and O–H groups in total. The highest BCUT2D eigenvalue weighted by Gasteiger charge is 2.06.